The number of rotatable bonds is 2. The SMILES string of the molecule is OC[SiH](Cl)CO. The smallest absolute Gasteiger partial charge is 0.193 e. The fourth-order valence-electron chi connectivity index (χ4n) is 0.0577. The van der Waals surface area contributed by atoms with E-state index in [0.29, 0.717) is 0 Å². The zero-order valence-corrected chi connectivity index (χ0v) is 5.17. The molecular weight excluding hydrogens is 120 g/mol. The summed E-state index contributed by atoms with van der Waals surface area (Å²) in [4.78, 5) is 0. The molecule has 0 aromatic rings. The van der Waals surface area contributed by atoms with E-state index in [1.165, 1.54) is 0 Å². The van der Waals surface area contributed by atoms with E-state index in [4.69, 9.17) is 21.3 Å². The molecule has 4 heteroatoms. The highest BCUT2D eigenvalue weighted by Gasteiger charge is 1.98. The van der Waals surface area contributed by atoms with Crippen LogP contribution >= 0.6 is 11.1 Å². The van der Waals surface area contributed by atoms with E-state index in [2.05, 4.69) is 0 Å². The fourth-order valence-corrected chi connectivity index (χ4v) is 0.173. The van der Waals surface area contributed by atoms with E-state index in [0.717, 1.165) is 0 Å². The highest BCUT2D eigenvalue weighted by atomic mass is 35.6. The van der Waals surface area contributed by atoms with Crippen LogP contribution < -0.4 is 0 Å². The maximum atomic E-state index is 8.10. The Morgan fingerprint density at radius 3 is 1.67 bits per heavy atom. The molecule has 0 bridgehead atoms. The Morgan fingerprint density at radius 1 is 1.33 bits per heavy atom. The predicted octanol–water partition coefficient (Wildman–Crippen LogP) is -0.988. The van der Waals surface area contributed by atoms with Gasteiger partial charge in [0.25, 0.3) is 0 Å². The Kier molecular flexibility index (Phi) is 3.87. The van der Waals surface area contributed by atoms with Gasteiger partial charge in [-0.1, -0.05) is 0 Å². The van der Waals surface area contributed by atoms with Gasteiger partial charge in [0.05, 0.1) is 12.5 Å². The molecular formula is C2H7ClO2Si. The second-order valence-corrected chi connectivity index (χ2v) is 4.74. The molecule has 6 heavy (non-hydrogen) atoms. The minimum atomic E-state index is -1.58. The molecule has 38 valence electrons. The Morgan fingerprint density at radius 2 is 1.67 bits per heavy atom. The molecule has 2 N–H and O–H groups in total. The van der Waals surface area contributed by atoms with Crippen LogP contribution in [-0.4, -0.2) is 30.8 Å². The summed E-state index contributed by atoms with van der Waals surface area (Å²) in [6, 6.07) is 0. The standard InChI is InChI=1S/C2H7ClO2Si/c3-6(1-4)2-5/h4-6H,1-2H2. The first kappa shape index (κ1) is 6.43. The van der Waals surface area contributed by atoms with Crippen LogP contribution in [0.4, 0.5) is 0 Å². The highest BCUT2D eigenvalue weighted by Crippen LogP contribution is 1.81. The summed E-state index contributed by atoms with van der Waals surface area (Å²) in [5.74, 6) is 0. The van der Waals surface area contributed by atoms with Gasteiger partial charge in [-0.15, -0.1) is 0 Å². The van der Waals surface area contributed by atoms with Crippen molar-refractivity contribution < 1.29 is 10.2 Å². The van der Waals surface area contributed by atoms with Crippen molar-refractivity contribution in [1.29, 1.82) is 0 Å². The molecule has 0 rings (SSSR count). The zero-order valence-electron chi connectivity index (χ0n) is 3.26. The Hall–Kier alpha value is 0.427. The van der Waals surface area contributed by atoms with Crippen LogP contribution in [0.15, 0.2) is 0 Å². The lowest BCUT2D eigenvalue weighted by molar-refractivity contribution is 0.334. The van der Waals surface area contributed by atoms with E-state index >= 15 is 0 Å². The number of aliphatic hydroxyl groups excluding tert-OH is 2. The second kappa shape index (κ2) is 3.61. The first-order valence-electron chi connectivity index (χ1n) is 1.67. The minimum Gasteiger partial charge on any atom is -0.398 e. The van der Waals surface area contributed by atoms with Crippen molar-refractivity contribution in [3.05, 3.63) is 0 Å². The minimum absolute atomic E-state index is 0.0158. The third-order valence-corrected chi connectivity index (χ3v) is 2.02. The summed E-state index contributed by atoms with van der Waals surface area (Å²) >= 11 is 5.29. The summed E-state index contributed by atoms with van der Waals surface area (Å²) in [6.45, 7) is 0. The molecule has 0 fully saturated rings. The summed E-state index contributed by atoms with van der Waals surface area (Å²) in [7, 11) is -1.58. The van der Waals surface area contributed by atoms with Gasteiger partial charge >= 0.3 is 0 Å². The van der Waals surface area contributed by atoms with Crippen LogP contribution in [0.5, 0.6) is 0 Å². The maximum Gasteiger partial charge on any atom is 0.193 e. The number of hydrogen-bond donors (Lipinski definition) is 2. The number of hydrogen-bond acceptors (Lipinski definition) is 2. The molecule has 0 amide bonds. The summed E-state index contributed by atoms with van der Waals surface area (Å²) in [5.41, 5.74) is 0. The van der Waals surface area contributed by atoms with Gasteiger partial charge in [0, 0.05) is 0 Å². The predicted molar refractivity (Wildman–Crippen MR) is 27.2 cm³/mol. The third kappa shape index (κ3) is 2.65. The molecule has 0 unspecified atom stereocenters. The van der Waals surface area contributed by atoms with Gasteiger partial charge in [-0.3, -0.25) is 0 Å². The van der Waals surface area contributed by atoms with E-state index in [9.17, 15) is 0 Å². The molecule has 0 aromatic carbocycles. The van der Waals surface area contributed by atoms with Crippen LogP contribution in [0.1, 0.15) is 0 Å². The van der Waals surface area contributed by atoms with Gasteiger partial charge in [0.15, 0.2) is 8.11 Å². The normalized spacial score (nSPS) is 10.0. The van der Waals surface area contributed by atoms with E-state index in [1.54, 1.807) is 0 Å². The molecule has 0 aliphatic heterocycles. The zero-order chi connectivity index (χ0) is 4.99. The van der Waals surface area contributed by atoms with Crippen molar-refractivity contribution >= 4 is 19.2 Å². The second-order valence-electron chi connectivity index (χ2n) is 0.962. The number of aliphatic hydroxyl groups is 2. The Balaban J connectivity index is 2.75. The topological polar surface area (TPSA) is 40.5 Å². The lowest BCUT2D eigenvalue weighted by Crippen LogP contribution is -2.15. The average molecular weight is 127 g/mol. The van der Waals surface area contributed by atoms with Crippen LogP contribution in [0.25, 0.3) is 0 Å². The van der Waals surface area contributed by atoms with Gasteiger partial charge in [-0.2, -0.15) is 11.1 Å². The molecule has 0 saturated heterocycles. The summed E-state index contributed by atoms with van der Waals surface area (Å²) in [6.07, 6.45) is -0.0316. The molecule has 0 atom stereocenters. The van der Waals surface area contributed by atoms with Crippen molar-refractivity contribution in [3.63, 3.8) is 0 Å². The van der Waals surface area contributed by atoms with Gasteiger partial charge in [0.2, 0.25) is 0 Å². The summed E-state index contributed by atoms with van der Waals surface area (Å²) < 4.78 is 0. The van der Waals surface area contributed by atoms with Crippen LogP contribution in [-0.2, 0) is 0 Å². The van der Waals surface area contributed by atoms with Crippen molar-refractivity contribution in [2.75, 3.05) is 12.5 Å². The van der Waals surface area contributed by atoms with Gasteiger partial charge in [0.1, 0.15) is 0 Å². The third-order valence-electron chi connectivity index (χ3n) is 0.396. The fraction of sp³-hybridized carbons (Fsp3) is 1.00. The average Bonchev–Trinajstić information content (AvgIpc) is 1.65. The molecule has 0 spiro atoms. The molecule has 0 aromatic heterocycles. The monoisotopic (exact) mass is 126 g/mol. The van der Waals surface area contributed by atoms with Crippen molar-refractivity contribution in [2.45, 2.75) is 0 Å². The van der Waals surface area contributed by atoms with Gasteiger partial charge in [-0.05, 0) is 0 Å². The highest BCUT2D eigenvalue weighted by molar-refractivity contribution is 7.06. The molecule has 0 radical (unpaired) electrons. The Labute approximate surface area is 42.7 Å². The van der Waals surface area contributed by atoms with Crippen molar-refractivity contribution in [2.24, 2.45) is 0 Å². The lowest BCUT2D eigenvalue weighted by Gasteiger charge is -1.91. The molecule has 0 aliphatic carbocycles. The van der Waals surface area contributed by atoms with Crippen molar-refractivity contribution in [3.8, 4) is 0 Å². The van der Waals surface area contributed by atoms with E-state index in [1.807, 2.05) is 0 Å². The first-order valence-corrected chi connectivity index (χ1v) is 5.05. The van der Waals surface area contributed by atoms with Crippen LogP contribution in [0.2, 0.25) is 0 Å². The van der Waals surface area contributed by atoms with E-state index in [-0.39, 0.29) is 12.5 Å². The lowest BCUT2D eigenvalue weighted by atomic mass is 11.7. The maximum absolute atomic E-state index is 8.10. The quantitative estimate of drug-likeness (QED) is 0.369. The van der Waals surface area contributed by atoms with Gasteiger partial charge in [-0.25, -0.2) is 0 Å². The van der Waals surface area contributed by atoms with Crippen LogP contribution in [0, 0.1) is 0 Å². The first-order chi connectivity index (χ1) is 2.81. The van der Waals surface area contributed by atoms with Crippen molar-refractivity contribution in [1.82, 2.24) is 0 Å². The van der Waals surface area contributed by atoms with Crippen LogP contribution in [0.3, 0.4) is 0 Å². The Bertz CT molecular complexity index is 30.7. The molecule has 2 nitrogen and oxygen atoms in total. The van der Waals surface area contributed by atoms with Gasteiger partial charge < -0.3 is 10.2 Å². The largest absolute Gasteiger partial charge is 0.398 e. The molecule has 0 heterocycles. The molecule has 0 aliphatic rings. The summed E-state index contributed by atoms with van der Waals surface area (Å²) in [5, 5.41) is 16.2. The van der Waals surface area contributed by atoms with E-state index < -0.39 is 8.11 Å². The number of halogens is 1. The molecule has 0 saturated carbocycles.